The standard InChI is InChI=1S/C14H12ClF2N/c15-12-4-2-1-3-11(12)14(18)7-9-5-6-10(16)8-13(9)17/h1-6,8,14H,7,18H2. The average molecular weight is 268 g/mol. The van der Waals surface area contributed by atoms with Crippen LogP contribution in [0, 0.1) is 11.6 Å². The summed E-state index contributed by atoms with van der Waals surface area (Å²) in [5.74, 6) is -1.18. The van der Waals surface area contributed by atoms with E-state index in [0.29, 0.717) is 10.6 Å². The quantitative estimate of drug-likeness (QED) is 0.898. The lowest BCUT2D eigenvalue weighted by Gasteiger charge is -2.14. The minimum atomic E-state index is -0.595. The maximum absolute atomic E-state index is 13.5. The van der Waals surface area contributed by atoms with Gasteiger partial charge in [0.05, 0.1) is 0 Å². The van der Waals surface area contributed by atoms with E-state index in [1.165, 1.54) is 12.1 Å². The zero-order valence-electron chi connectivity index (χ0n) is 9.54. The molecule has 0 aliphatic rings. The second-order valence-electron chi connectivity index (χ2n) is 4.07. The van der Waals surface area contributed by atoms with Crippen LogP contribution in [0.2, 0.25) is 5.02 Å². The summed E-state index contributed by atoms with van der Waals surface area (Å²) in [6.45, 7) is 0. The Morgan fingerprint density at radius 1 is 1.11 bits per heavy atom. The van der Waals surface area contributed by atoms with E-state index in [2.05, 4.69) is 0 Å². The molecule has 2 aromatic rings. The molecule has 0 saturated heterocycles. The van der Waals surface area contributed by atoms with Crippen LogP contribution in [-0.2, 0) is 6.42 Å². The first-order chi connectivity index (χ1) is 8.58. The fraction of sp³-hybridized carbons (Fsp3) is 0.143. The van der Waals surface area contributed by atoms with Crippen LogP contribution in [-0.4, -0.2) is 0 Å². The summed E-state index contributed by atoms with van der Waals surface area (Å²) in [6, 6.07) is 10.2. The van der Waals surface area contributed by atoms with Gasteiger partial charge in [0.1, 0.15) is 11.6 Å². The predicted molar refractivity (Wildman–Crippen MR) is 68.4 cm³/mol. The highest BCUT2D eigenvalue weighted by Gasteiger charge is 2.13. The first-order valence-corrected chi connectivity index (χ1v) is 5.89. The molecule has 0 aromatic heterocycles. The Kier molecular flexibility index (Phi) is 3.94. The van der Waals surface area contributed by atoms with Crippen LogP contribution >= 0.6 is 11.6 Å². The van der Waals surface area contributed by atoms with E-state index in [9.17, 15) is 8.78 Å². The zero-order chi connectivity index (χ0) is 13.1. The molecular formula is C14H12ClF2N. The van der Waals surface area contributed by atoms with Crippen LogP contribution in [0.15, 0.2) is 42.5 Å². The Bertz CT molecular complexity index is 557. The molecule has 0 saturated carbocycles. The molecule has 0 radical (unpaired) electrons. The Hall–Kier alpha value is -1.45. The van der Waals surface area contributed by atoms with Gasteiger partial charge < -0.3 is 5.73 Å². The van der Waals surface area contributed by atoms with Gasteiger partial charge in [-0.2, -0.15) is 0 Å². The van der Waals surface area contributed by atoms with Crippen molar-refractivity contribution in [2.24, 2.45) is 5.73 Å². The van der Waals surface area contributed by atoms with Crippen molar-refractivity contribution in [2.75, 3.05) is 0 Å². The normalized spacial score (nSPS) is 12.4. The number of halogens is 3. The molecule has 0 aliphatic carbocycles. The van der Waals surface area contributed by atoms with Gasteiger partial charge in [-0.3, -0.25) is 0 Å². The molecule has 4 heteroatoms. The van der Waals surface area contributed by atoms with Gasteiger partial charge in [-0.1, -0.05) is 35.9 Å². The second-order valence-corrected chi connectivity index (χ2v) is 4.48. The van der Waals surface area contributed by atoms with Crippen molar-refractivity contribution >= 4 is 11.6 Å². The van der Waals surface area contributed by atoms with Crippen LogP contribution in [0.1, 0.15) is 17.2 Å². The van der Waals surface area contributed by atoms with Gasteiger partial charge in [0.15, 0.2) is 0 Å². The van der Waals surface area contributed by atoms with Crippen LogP contribution in [0.3, 0.4) is 0 Å². The van der Waals surface area contributed by atoms with Crippen LogP contribution < -0.4 is 5.73 Å². The first-order valence-electron chi connectivity index (χ1n) is 5.52. The fourth-order valence-corrected chi connectivity index (χ4v) is 2.09. The highest BCUT2D eigenvalue weighted by molar-refractivity contribution is 6.31. The zero-order valence-corrected chi connectivity index (χ0v) is 10.3. The first kappa shape index (κ1) is 13.0. The summed E-state index contributed by atoms with van der Waals surface area (Å²) in [5.41, 5.74) is 7.12. The number of nitrogens with two attached hydrogens (primary N) is 1. The number of benzene rings is 2. The van der Waals surface area contributed by atoms with Gasteiger partial charge in [-0.25, -0.2) is 8.78 Å². The summed E-state index contributed by atoms with van der Waals surface area (Å²) in [7, 11) is 0. The van der Waals surface area contributed by atoms with Gasteiger partial charge in [0, 0.05) is 17.1 Å². The molecule has 0 fully saturated rings. The van der Waals surface area contributed by atoms with E-state index in [1.807, 2.05) is 6.07 Å². The molecule has 1 unspecified atom stereocenters. The molecule has 2 aromatic carbocycles. The summed E-state index contributed by atoms with van der Waals surface area (Å²) in [6.07, 6.45) is 0.274. The molecule has 94 valence electrons. The molecule has 0 bridgehead atoms. The fourth-order valence-electron chi connectivity index (χ4n) is 1.81. The molecular weight excluding hydrogens is 256 g/mol. The minimum absolute atomic E-state index is 0.274. The van der Waals surface area contributed by atoms with Crippen molar-refractivity contribution < 1.29 is 8.78 Å². The lowest BCUT2D eigenvalue weighted by atomic mass is 9.99. The summed E-state index contributed by atoms with van der Waals surface area (Å²) >= 11 is 6.02. The number of hydrogen-bond donors (Lipinski definition) is 1. The maximum Gasteiger partial charge on any atom is 0.129 e. The van der Waals surface area contributed by atoms with Crippen molar-refractivity contribution in [3.05, 3.63) is 70.2 Å². The van der Waals surface area contributed by atoms with E-state index in [1.54, 1.807) is 18.2 Å². The highest BCUT2D eigenvalue weighted by Crippen LogP contribution is 2.24. The van der Waals surface area contributed by atoms with Gasteiger partial charge in [-0.05, 0) is 29.7 Å². The maximum atomic E-state index is 13.5. The molecule has 0 amide bonds. The largest absolute Gasteiger partial charge is 0.324 e. The Balaban J connectivity index is 2.21. The molecule has 0 heterocycles. The van der Waals surface area contributed by atoms with Gasteiger partial charge in [0.2, 0.25) is 0 Å². The monoisotopic (exact) mass is 267 g/mol. The lowest BCUT2D eigenvalue weighted by molar-refractivity contribution is 0.563. The third kappa shape index (κ3) is 2.86. The molecule has 1 nitrogen and oxygen atoms in total. The molecule has 2 N–H and O–H groups in total. The Labute approximate surface area is 109 Å². The third-order valence-electron chi connectivity index (χ3n) is 2.76. The molecule has 18 heavy (non-hydrogen) atoms. The predicted octanol–water partition coefficient (Wildman–Crippen LogP) is 3.86. The van der Waals surface area contributed by atoms with E-state index in [4.69, 9.17) is 17.3 Å². The average Bonchev–Trinajstić information content (AvgIpc) is 2.33. The highest BCUT2D eigenvalue weighted by atomic mass is 35.5. The number of hydrogen-bond acceptors (Lipinski definition) is 1. The van der Waals surface area contributed by atoms with Gasteiger partial charge in [-0.15, -0.1) is 0 Å². The van der Waals surface area contributed by atoms with Crippen molar-refractivity contribution in [2.45, 2.75) is 12.5 Å². The van der Waals surface area contributed by atoms with Crippen molar-refractivity contribution in [3.8, 4) is 0 Å². The third-order valence-corrected chi connectivity index (χ3v) is 3.10. The van der Waals surface area contributed by atoms with Crippen LogP contribution in [0.5, 0.6) is 0 Å². The van der Waals surface area contributed by atoms with E-state index in [-0.39, 0.29) is 6.42 Å². The summed E-state index contributed by atoms with van der Waals surface area (Å²) in [4.78, 5) is 0. The van der Waals surface area contributed by atoms with Crippen molar-refractivity contribution in [3.63, 3.8) is 0 Å². The second kappa shape index (κ2) is 5.46. The van der Waals surface area contributed by atoms with E-state index < -0.39 is 17.7 Å². The molecule has 0 spiro atoms. The Morgan fingerprint density at radius 2 is 1.83 bits per heavy atom. The van der Waals surface area contributed by atoms with Crippen molar-refractivity contribution in [1.29, 1.82) is 0 Å². The number of rotatable bonds is 3. The Morgan fingerprint density at radius 3 is 2.50 bits per heavy atom. The van der Waals surface area contributed by atoms with Crippen molar-refractivity contribution in [1.82, 2.24) is 0 Å². The molecule has 1 atom stereocenters. The van der Waals surface area contributed by atoms with Crippen LogP contribution in [0.4, 0.5) is 8.78 Å². The minimum Gasteiger partial charge on any atom is -0.324 e. The smallest absolute Gasteiger partial charge is 0.129 e. The van der Waals surface area contributed by atoms with Gasteiger partial charge in [0.25, 0.3) is 0 Å². The SMILES string of the molecule is NC(Cc1ccc(F)cc1F)c1ccccc1Cl. The topological polar surface area (TPSA) is 26.0 Å². The molecule has 0 aliphatic heterocycles. The van der Waals surface area contributed by atoms with Gasteiger partial charge >= 0.3 is 0 Å². The lowest BCUT2D eigenvalue weighted by Crippen LogP contribution is -2.14. The van der Waals surface area contributed by atoms with Crippen LogP contribution in [0.25, 0.3) is 0 Å². The van der Waals surface area contributed by atoms with E-state index in [0.717, 1.165) is 11.6 Å². The summed E-state index contributed by atoms with van der Waals surface area (Å²) < 4.78 is 26.3. The summed E-state index contributed by atoms with van der Waals surface area (Å²) in [5, 5.41) is 0.549. The molecule has 2 rings (SSSR count). The van der Waals surface area contributed by atoms with E-state index >= 15 is 0 Å².